The molecule has 2 atom stereocenters. The van der Waals surface area contributed by atoms with Crippen molar-refractivity contribution in [1.29, 1.82) is 0 Å². The quantitative estimate of drug-likeness (QED) is 0.386. The molecule has 1 saturated heterocycles. The third kappa shape index (κ3) is 3.54. The first-order chi connectivity index (χ1) is 10.0. The van der Waals surface area contributed by atoms with E-state index >= 15 is 0 Å². The highest BCUT2D eigenvalue weighted by Crippen LogP contribution is 2.23. The molecule has 1 aromatic carbocycles. The molecular weight excluding hydrogens is 266 g/mol. The Kier molecular flexibility index (Phi) is 4.83. The summed E-state index contributed by atoms with van der Waals surface area (Å²) >= 11 is 0. The van der Waals surface area contributed by atoms with Crippen LogP contribution in [0.25, 0.3) is 0 Å². The number of hydrogen-bond acceptors (Lipinski definition) is 3. The van der Waals surface area contributed by atoms with Crippen LogP contribution in [-0.2, 0) is 11.2 Å². The second kappa shape index (κ2) is 6.61. The predicted molar refractivity (Wildman–Crippen MR) is 82.2 cm³/mol. The van der Waals surface area contributed by atoms with Crippen molar-refractivity contribution < 1.29 is 10.0 Å². The molecule has 1 aromatic rings. The van der Waals surface area contributed by atoms with Crippen LogP contribution in [0.1, 0.15) is 37.8 Å². The van der Waals surface area contributed by atoms with Gasteiger partial charge in [0.1, 0.15) is 0 Å². The number of carbonyl (C=O) groups is 1. The number of benzene rings is 1. The lowest BCUT2D eigenvalue weighted by Crippen LogP contribution is -2.46. The Bertz CT molecular complexity index is 525. The molecule has 0 saturated carbocycles. The highest BCUT2D eigenvalue weighted by molar-refractivity contribution is 5.97. The second-order valence-electron chi connectivity index (χ2n) is 5.81. The van der Waals surface area contributed by atoms with E-state index in [-0.39, 0.29) is 11.7 Å². The lowest BCUT2D eigenvalue weighted by atomic mass is 9.91. The summed E-state index contributed by atoms with van der Waals surface area (Å²) in [5, 5.41) is 11.6. The number of nitrogens with zero attached hydrogens (tertiary/aromatic N) is 2. The minimum absolute atomic E-state index is 0.0753. The molecule has 1 aliphatic rings. The molecule has 21 heavy (non-hydrogen) atoms. The zero-order valence-corrected chi connectivity index (χ0v) is 12.6. The summed E-state index contributed by atoms with van der Waals surface area (Å²) in [6, 6.07) is 7.54. The highest BCUT2D eigenvalue weighted by atomic mass is 16.4. The van der Waals surface area contributed by atoms with Gasteiger partial charge in [-0.2, -0.15) is 0 Å². The lowest BCUT2D eigenvalue weighted by Gasteiger charge is -2.38. The van der Waals surface area contributed by atoms with Crippen LogP contribution in [0.15, 0.2) is 29.4 Å². The standard InChI is InChI=1S/C16H23N3O2/c1-11-4-3-9-19(12(11)2)15(20)10-13-5-7-14(8-6-13)16(17)18-21/h5-8,11-12,21H,3-4,9-10H2,1-2H3,(H2,17,18). The zero-order chi connectivity index (χ0) is 15.4. The Morgan fingerprint density at radius 3 is 2.67 bits per heavy atom. The van der Waals surface area contributed by atoms with E-state index in [1.807, 2.05) is 17.0 Å². The van der Waals surface area contributed by atoms with Crippen molar-refractivity contribution in [2.45, 2.75) is 39.2 Å². The average molecular weight is 289 g/mol. The predicted octanol–water partition coefficient (Wildman–Crippen LogP) is 1.97. The van der Waals surface area contributed by atoms with Gasteiger partial charge in [0.05, 0.1) is 6.42 Å². The number of amides is 1. The van der Waals surface area contributed by atoms with Crippen LogP contribution in [0.4, 0.5) is 0 Å². The maximum absolute atomic E-state index is 12.4. The van der Waals surface area contributed by atoms with Crippen molar-refractivity contribution in [3.05, 3.63) is 35.4 Å². The summed E-state index contributed by atoms with van der Waals surface area (Å²) in [4.78, 5) is 14.4. The van der Waals surface area contributed by atoms with Gasteiger partial charge in [-0.15, -0.1) is 0 Å². The fourth-order valence-electron chi connectivity index (χ4n) is 2.81. The minimum atomic E-state index is 0.0753. The van der Waals surface area contributed by atoms with Crippen LogP contribution in [0.5, 0.6) is 0 Å². The molecule has 5 nitrogen and oxygen atoms in total. The summed E-state index contributed by atoms with van der Waals surface area (Å²) in [6.45, 7) is 5.19. The molecule has 1 heterocycles. The van der Waals surface area contributed by atoms with E-state index in [9.17, 15) is 4.79 Å². The first-order valence-electron chi connectivity index (χ1n) is 7.39. The Morgan fingerprint density at radius 2 is 2.05 bits per heavy atom. The summed E-state index contributed by atoms with van der Waals surface area (Å²) in [5.41, 5.74) is 7.11. The average Bonchev–Trinajstić information content (AvgIpc) is 2.50. The Hall–Kier alpha value is -2.04. The van der Waals surface area contributed by atoms with E-state index in [4.69, 9.17) is 10.9 Å². The fourth-order valence-corrected chi connectivity index (χ4v) is 2.81. The first-order valence-corrected chi connectivity index (χ1v) is 7.39. The molecule has 1 amide bonds. The van der Waals surface area contributed by atoms with Crippen molar-refractivity contribution in [2.24, 2.45) is 16.8 Å². The molecule has 5 heteroatoms. The van der Waals surface area contributed by atoms with Crippen LogP contribution in [0.3, 0.4) is 0 Å². The van der Waals surface area contributed by atoms with Crippen LogP contribution >= 0.6 is 0 Å². The molecule has 2 unspecified atom stereocenters. The molecule has 114 valence electrons. The maximum Gasteiger partial charge on any atom is 0.227 e. The topological polar surface area (TPSA) is 78.9 Å². The van der Waals surface area contributed by atoms with E-state index in [0.717, 1.165) is 18.5 Å². The first kappa shape index (κ1) is 15.4. The molecule has 2 rings (SSSR count). The number of rotatable bonds is 3. The SMILES string of the molecule is CC1CCCN(C(=O)Cc2ccc(C(N)=NO)cc2)C1C. The third-order valence-electron chi connectivity index (χ3n) is 4.41. The van der Waals surface area contributed by atoms with Gasteiger partial charge < -0.3 is 15.8 Å². The van der Waals surface area contributed by atoms with Crippen molar-refractivity contribution in [2.75, 3.05) is 6.54 Å². The molecular formula is C16H23N3O2. The molecule has 0 aromatic heterocycles. The van der Waals surface area contributed by atoms with Gasteiger partial charge in [-0.1, -0.05) is 36.3 Å². The van der Waals surface area contributed by atoms with Gasteiger partial charge in [-0.3, -0.25) is 4.79 Å². The molecule has 1 aliphatic heterocycles. The molecule has 3 N–H and O–H groups in total. The molecule has 0 radical (unpaired) electrons. The van der Waals surface area contributed by atoms with E-state index in [0.29, 0.717) is 23.9 Å². The van der Waals surface area contributed by atoms with E-state index in [1.54, 1.807) is 12.1 Å². The van der Waals surface area contributed by atoms with E-state index in [1.165, 1.54) is 6.42 Å². The smallest absolute Gasteiger partial charge is 0.227 e. The van der Waals surface area contributed by atoms with Crippen LogP contribution < -0.4 is 5.73 Å². The number of oxime groups is 1. The van der Waals surface area contributed by atoms with Crippen molar-refractivity contribution in [3.63, 3.8) is 0 Å². The Balaban J connectivity index is 2.02. The molecule has 0 aliphatic carbocycles. The third-order valence-corrected chi connectivity index (χ3v) is 4.41. The molecule has 0 bridgehead atoms. The highest BCUT2D eigenvalue weighted by Gasteiger charge is 2.28. The fraction of sp³-hybridized carbons (Fsp3) is 0.500. The number of piperidine rings is 1. The van der Waals surface area contributed by atoms with Gasteiger partial charge in [0, 0.05) is 18.2 Å². The maximum atomic E-state index is 12.4. The van der Waals surface area contributed by atoms with Crippen LogP contribution in [0, 0.1) is 5.92 Å². The van der Waals surface area contributed by atoms with E-state index < -0.39 is 0 Å². The zero-order valence-electron chi connectivity index (χ0n) is 12.6. The monoisotopic (exact) mass is 289 g/mol. The summed E-state index contributed by atoms with van der Waals surface area (Å²) in [6.07, 6.45) is 2.67. The van der Waals surface area contributed by atoms with Crippen molar-refractivity contribution in [3.8, 4) is 0 Å². The molecule has 0 spiro atoms. The van der Waals surface area contributed by atoms with Crippen LogP contribution in [-0.4, -0.2) is 34.4 Å². The summed E-state index contributed by atoms with van der Waals surface area (Å²) in [7, 11) is 0. The Labute approximate surface area is 125 Å². The van der Waals surface area contributed by atoms with Crippen molar-refractivity contribution in [1.82, 2.24) is 4.90 Å². The van der Waals surface area contributed by atoms with Crippen LogP contribution in [0.2, 0.25) is 0 Å². The molecule has 1 fully saturated rings. The number of carbonyl (C=O) groups excluding carboxylic acids is 1. The number of likely N-dealkylation sites (tertiary alicyclic amines) is 1. The normalized spacial score (nSPS) is 23.1. The largest absolute Gasteiger partial charge is 0.409 e. The van der Waals surface area contributed by atoms with Crippen molar-refractivity contribution >= 4 is 11.7 Å². The number of hydrogen-bond donors (Lipinski definition) is 2. The summed E-state index contributed by atoms with van der Waals surface area (Å²) in [5.74, 6) is 0.808. The van der Waals surface area contributed by atoms with E-state index in [2.05, 4.69) is 19.0 Å². The van der Waals surface area contributed by atoms with Gasteiger partial charge in [-0.25, -0.2) is 0 Å². The summed E-state index contributed by atoms with van der Waals surface area (Å²) < 4.78 is 0. The van der Waals surface area contributed by atoms with Gasteiger partial charge in [0.15, 0.2) is 5.84 Å². The van der Waals surface area contributed by atoms with Gasteiger partial charge in [0.2, 0.25) is 5.91 Å². The number of nitrogens with two attached hydrogens (primary N) is 1. The Morgan fingerprint density at radius 1 is 1.38 bits per heavy atom. The van der Waals surface area contributed by atoms with Gasteiger partial charge in [-0.05, 0) is 31.2 Å². The second-order valence-corrected chi connectivity index (χ2v) is 5.81. The lowest BCUT2D eigenvalue weighted by molar-refractivity contribution is -0.135. The van der Waals surface area contributed by atoms with Gasteiger partial charge >= 0.3 is 0 Å². The van der Waals surface area contributed by atoms with Gasteiger partial charge in [0.25, 0.3) is 0 Å². The number of amidine groups is 1. The minimum Gasteiger partial charge on any atom is -0.409 e.